The molecule has 2 aromatic carbocycles. The van der Waals surface area contributed by atoms with Crippen molar-refractivity contribution in [2.75, 3.05) is 18.5 Å². The Bertz CT molecular complexity index is 1170. The van der Waals surface area contributed by atoms with E-state index < -0.39 is 35.6 Å². The van der Waals surface area contributed by atoms with Crippen molar-refractivity contribution < 1.29 is 28.4 Å². The van der Waals surface area contributed by atoms with E-state index in [0.29, 0.717) is 17.0 Å². The van der Waals surface area contributed by atoms with E-state index in [9.17, 15) is 24.5 Å². The van der Waals surface area contributed by atoms with Gasteiger partial charge in [0.25, 0.3) is 11.6 Å². The number of non-ortho nitro benzene ring substituents is 1. The Labute approximate surface area is 169 Å². The number of rotatable bonds is 7. The normalized spacial score (nSPS) is 10.4. The van der Waals surface area contributed by atoms with Crippen LogP contribution in [0.15, 0.2) is 57.7 Å². The lowest BCUT2D eigenvalue weighted by atomic mass is 10.1. The van der Waals surface area contributed by atoms with E-state index in [1.807, 2.05) is 0 Å². The Morgan fingerprint density at radius 3 is 2.53 bits per heavy atom. The largest absolute Gasteiger partial charge is 0.482 e. The van der Waals surface area contributed by atoms with Crippen LogP contribution in [-0.2, 0) is 14.3 Å². The smallest absolute Gasteiger partial charge is 0.344 e. The molecule has 3 aromatic rings. The van der Waals surface area contributed by atoms with E-state index in [2.05, 4.69) is 5.32 Å². The van der Waals surface area contributed by atoms with Crippen molar-refractivity contribution >= 4 is 34.2 Å². The molecule has 10 nitrogen and oxygen atoms in total. The van der Waals surface area contributed by atoms with Crippen LogP contribution in [0.5, 0.6) is 5.75 Å². The van der Waals surface area contributed by atoms with Gasteiger partial charge in [-0.3, -0.25) is 14.9 Å². The number of amides is 1. The molecular formula is C20H16N2O8. The van der Waals surface area contributed by atoms with E-state index >= 15 is 0 Å². The van der Waals surface area contributed by atoms with Gasteiger partial charge in [-0.05, 0) is 36.8 Å². The summed E-state index contributed by atoms with van der Waals surface area (Å²) in [7, 11) is 0. The van der Waals surface area contributed by atoms with Crippen LogP contribution in [0, 0.1) is 17.0 Å². The standard InChI is InChI=1S/C20H16N2O8/c1-12-8-19(24)30-17-9-15(6-7-16(12)17)28-11-20(25)29-10-18(23)21-13-2-4-14(5-3-13)22(26)27/h2-9H,10-11H2,1H3,(H,21,23). The van der Waals surface area contributed by atoms with E-state index in [1.54, 1.807) is 19.1 Å². The molecule has 154 valence electrons. The van der Waals surface area contributed by atoms with Crippen molar-refractivity contribution in [3.05, 3.63) is 74.6 Å². The number of esters is 1. The summed E-state index contributed by atoms with van der Waals surface area (Å²) in [6, 6.07) is 11.4. The third-order valence-electron chi connectivity index (χ3n) is 4.01. The predicted octanol–water partition coefficient (Wildman–Crippen LogP) is 2.57. The zero-order valence-electron chi connectivity index (χ0n) is 15.7. The summed E-state index contributed by atoms with van der Waals surface area (Å²) in [5, 5.41) is 13.8. The van der Waals surface area contributed by atoms with Gasteiger partial charge in [0.2, 0.25) is 0 Å². The minimum atomic E-state index is -0.778. The quantitative estimate of drug-likeness (QED) is 0.270. The molecule has 0 bridgehead atoms. The average molecular weight is 412 g/mol. The van der Waals surface area contributed by atoms with E-state index in [1.165, 1.54) is 36.4 Å². The van der Waals surface area contributed by atoms with Gasteiger partial charge in [0, 0.05) is 35.3 Å². The molecule has 10 heteroatoms. The molecule has 1 heterocycles. The Kier molecular flexibility index (Phi) is 6.06. The van der Waals surface area contributed by atoms with Gasteiger partial charge < -0.3 is 19.2 Å². The summed E-state index contributed by atoms with van der Waals surface area (Å²) in [6.45, 7) is 0.774. The highest BCUT2D eigenvalue weighted by molar-refractivity contribution is 5.93. The molecule has 1 aromatic heterocycles. The van der Waals surface area contributed by atoms with E-state index in [-0.39, 0.29) is 5.69 Å². The number of anilines is 1. The highest BCUT2D eigenvalue weighted by atomic mass is 16.6. The molecule has 0 fully saturated rings. The second kappa shape index (κ2) is 8.86. The molecule has 0 saturated carbocycles. The number of nitrogens with zero attached hydrogens (tertiary/aromatic N) is 1. The first-order valence-electron chi connectivity index (χ1n) is 8.69. The fourth-order valence-electron chi connectivity index (χ4n) is 2.59. The van der Waals surface area contributed by atoms with Crippen LogP contribution >= 0.6 is 0 Å². The van der Waals surface area contributed by atoms with Crippen molar-refractivity contribution in [3.63, 3.8) is 0 Å². The fraction of sp³-hybridized carbons (Fsp3) is 0.150. The Balaban J connectivity index is 1.48. The van der Waals surface area contributed by atoms with Gasteiger partial charge in [-0.2, -0.15) is 0 Å². The summed E-state index contributed by atoms with van der Waals surface area (Å²) in [5.41, 5.74) is 0.806. The molecule has 0 aliphatic heterocycles. The maximum absolute atomic E-state index is 11.8. The molecule has 0 unspecified atom stereocenters. The van der Waals surface area contributed by atoms with Crippen molar-refractivity contribution in [1.29, 1.82) is 0 Å². The van der Waals surface area contributed by atoms with Crippen molar-refractivity contribution in [3.8, 4) is 5.75 Å². The van der Waals surface area contributed by atoms with Crippen LogP contribution < -0.4 is 15.7 Å². The first-order chi connectivity index (χ1) is 14.3. The monoisotopic (exact) mass is 412 g/mol. The van der Waals surface area contributed by atoms with Crippen molar-refractivity contribution in [2.24, 2.45) is 0 Å². The summed E-state index contributed by atoms with van der Waals surface area (Å²) in [4.78, 5) is 45.1. The maximum atomic E-state index is 11.8. The van der Waals surface area contributed by atoms with Gasteiger partial charge in [-0.1, -0.05) is 0 Å². The number of ether oxygens (including phenoxy) is 2. The number of aryl methyl sites for hydroxylation is 1. The van der Waals surface area contributed by atoms with E-state index in [0.717, 1.165) is 10.9 Å². The van der Waals surface area contributed by atoms with Gasteiger partial charge in [-0.25, -0.2) is 9.59 Å². The SMILES string of the molecule is Cc1cc(=O)oc2cc(OCC(=O)OCC(=O)Nc3ccc([N+](=O)[O-])cc3)ccc12. The second-order valence-electron chi connectivity index (χ2n) is 6.21. The summed E-state index contributed by atoms with van der Waals surface area (Å²) in [6.07, 6.45) is 0. The first-order valence-corrected chi connectivity index (χ1v) is 8.69. The minimum absolute atomic E-state index is 0.111. The highest BCUT2D eigenvalue weighted by Gasteiger charge is 2.11. The van der Waals surface area contributed by atoms with Gasteiger partial charge in [0.05, 0.1) is 4.92 Å². The summed E-state index contributed by atoms with van der Waals surface area (Å²) >= 11 is 0. The number of nitrogens with one attached hydrogen (secondary N) is 1. The van der Waals surface area contributed by atoms with E-state index in [4.69, 9.17) is 13.9 Å². The number of nitro groups is 1. The topological polar surface area (TPSA) is 138 Å². The van der Waals surface area contributed by atoms with Crippen LogP contribution in [-0.4, -0.2) is 30.0 Å². The predicted molar refractivity (Wildman–Crippen MR) is 105 cm³/mol. The fourth-order valence-corrected chi connectivity index (χ4v) is 2.59. The summed E-state index contributed by atoms with van der Waals surface area (Å²) < 4.78 is 15.2. The zero-order valence-corrected chi connectivity index (χ0v) is 15.7. The first kappa shape index (κ1) is 20.5. The molecule has 1 N–H and O–H groups in total. The lowest BCUT2D eigenvalue weighted by molar-refractivity contribution is -0.384. The van der Waals surface area contributed by atoms with Crippen LogP contribution in [0.2, 0.25) is 0 Å². The molecule has 1 amide bonds. The molecule has 0 radical (unpaired) electrons. The van der Waals surface area contributed by atoms with Crippen molar-refractivity contribution in [1.82, 2.24) is 0 Å². The lowest BCUT2D eigenvalue weighted by Gasteiger charge is -2.08. The Hall–Kier alpha value is -4.21. The van der Waals surface area contributed by atoms with Gasteiger partial charge in [0.15, 0.2) is 13.2 Å². The third kappa shape index (κ3) is 5.19. The van der Waals surface area contributed by atoms with Crippen LogP contribution in [0.1, 0.15) is 5.56 Å². The molecule has 0 atom stereocenters. The zero-order chi connectivity index (χ0) is 21.7. The third-order valence-corrected chi connectivity index (χ3v) is 4.01. The minimum Gasteiger partial charge on any atom is -0.482 e. The maximum Gasteiger partial charge on any atom is 0.344 e. The molecule has 0 spiro atoms. The molecule has 0 aliphatic carbocycles. The number of nitro benzene ring substituents is 1. The van der Waals surface area contributed by atoms with Crippen LogP contribution in [0.4, 0.5) is 11.4 Å². The lowest BCUT2D eigenvalue weighted by Crippen LogP contribution is -2.23. The van der Waals surface area contributed by atoms with Crippen molar-refractivity contribution in [2.45, 2.75) is 6.92 Å². The summed E-state index contributed by atoms with van der Waals surface area (Å²) in [5.74, 6) is -1.09. The highest BCUT2D eigenvalue weighted by Crippen LogP contribution is 2.22. The number of carbonyl (C=O) groups is 2. The van der Waals surface area contributed by atoms with Gasteiger partial charge >= 0.3 is 11.6 Å². The molecule has 0 saturated heterocycles. The average Bonchev–Trinajstić information content (AvgIpc) is 2.70. The number of benzene rings is 2. The Morgan fingerprint density at radius 1 is 1.10 bits per heavy atom. The van der Waals surface area contributed by atoms with Gasteiger partial charge in [-0.15, -0.1) is 0 Å². The number of fused-ring (bicyclic) bond motifs is 1. The molecular weight excluding hydrogens is 396 g/mol. The molecule has 3 rings (SSSR count). The Morgan fingerprint density at radius 2 is 1.83 bits per heavy atom. The number of hydrogen-bond donors (Lipinski definition) is 1. The number of carbonyl (C=O) groups excluding carboxylic acids is 2. The molecule has 0 aliphatic rings. The second-order valence-corrected chi connectivity index (χ2v) is 6.21. The van der Waals surface area contributed by atoms with Gasteiger partial charge in [0.1, 0.15) is 11.3 Å². The van der Waals surface area contributed by atoms with Crippen LogP contribution in [0.3, 0.4) is 0 Å². The molecule has 30 heavy (non-hydrogen) atoms. The van der Waals surface area contributed by atoms with Crippen LogP contribution in [0.25, 0.3) is 11.0 Å². The number of hydrogen-bond acceptors (Lipinski definition) is 8.